The average Bonchev–Trinajstić information content (AvgIpc) is 3.14. The lowest BCUT2D eigenvalue weighted by molar-refractivity contribution is 0.351. The first-order valence-electron chi connectivity index (χ1n) is 8.92. The summed E-state index contributed by atoms with van der Waals surface area (Å²) in [7, 11) is 5.12. The maximum atomic E-state index is 5.46. The highest BCUT2D eigenvalue weighted by Crippen LogP contribution is 2.30. The number of para-hydroxylation sites is 1. The molecule has 0 bridgehead atoms. The molecule has 1 saturated carbocycles. The molecule has 1 aliphatic carbocycles. The van der Waals surface area contributed by atoms with Gasteiger partial charge < -0.3 is 20.1 Å². The van der Waals surface area contributed by atoms with Crippen LogP contribution >= 0.6 is 24.0 Å². The molecule has 1 aromatic carbocycles. The molecule has 0 heterocycles. The lowest BCUT2D eigenvalue weighted by atomic mass is 10.0. The van der Waals surface area contributed by atoms with E-state index < -0.39 is 0 Å². The smallest absolute Gasteiger partial charge is 0.191 e. The van der Waals surface area contributed by atoms with Crippen LogP contribution in [0.5, 0.6) is 11.5 Å². The number of nitrogens with zero attached hydrogens (tertiary/aromatic N) is 1. The van der Waals surface area contributed by atoms with Crippen molar-refractivity contribution < 1.29 is 9.47 Å². The van der Waals surface area contributed by atoms with Gasteiger partial charge >= 0.3 is 0 Å². The molecule has 0 amide bonds. The summed E-state index contributed by atoms with van der Waals surface area (Å²) in [5, 5.41) is 6.74. The second-order valence-electron chi connectivity index (χ2n) is 6.30. The predicted molar refractivity (Wildman–Crippen MR) is 114 cm³/mol. The van der Waals surface area contributed by atoms with Gasteiger partial charge in [0.05, 0.1) is 14.2 Å². The van der Waals surface area contributed by atoms with E-state index in [1.807, 2.05) is 18.2 Å². The molecule has 1 aliphatic rings. The first kappa shape index (κ1) is 21.9. The Morgan fingerprint density at radius 1 is 1.16 bits per heavy atom. The highest BCUT2D eigenvalue weighted by Gasteiger charge is 2.14. The van der Waals surface area contributed by atoms with Crippen LogP contribution in [0, 0.1) is 5.92 Å². The van der Waals surface area contributed by atoms with E-state index in [1.165, 1.54) is 38.5 Å². The zero-order valence-corrected chi connectivity index (χ0v) is 18.0. The maximum absolute atomic E-state index is 5.46. The summed E-state index contributed by atoms with van der Waals surface area (Å²) in [5.74, 6) is 3.29. The van der Waals surface area contributed by atoms with Gasteiger partial charge in [0.2, 0.25) is 0 Å². The van der Waals surface area contributed by atoms with Crippen molar-refractivity contribution in [1.82, 2.24) is 10.6 Å². The fourth-order valence-corrected chi connectivity index (χ4v) is 3.39. The summed E-state index contributed by atoms with van der Waals surface area (Å²) in [6.07, 6.45) is 8.21. The normalized spacial score (nSPS) is 14.8. The minimum absolute atomic E-state index is 0. The van der Waals surface area contributed by atoms with Crippen LogP contribution in [0.3, 0.4) is 0 Å². The van der Waals surface area contributed by atoms with E-state index in [4.69, 9.17) is 9.47 Å². The molecule has 0 aromatic heterocycles. The van der Waals surface area contributed by atoms with E-state index in [9.17, 15) is 0 Å². The number of benzene rings is 1. The second kappa shape index (κ2) is 12.2. The summed E-state index contributed by atoms with van der Waals surface area (Å²) in [6.45, 7) is 1.61. The molecule has 0 unspecified atom stereocenters. The Bertz CT molecular complexity index is 531. The Kier molecular flexibility index (Phi) is 10.7. The van der Waals surface area contributed by atoms with Crippen molar-refractivity contribution >= 4 is 29.9 Å². The predicted octanol–water partition coefficient (Wildman–Crippen LogP) is 3.96. The third kappa shape index (κ3) is 6.92. The molecule has 2 N–H and O–H groups in total. The number of hydrogen-bond donors (Lipinski definition) is 2. The van der Waals surface area contributed by atoms with Crippen molar-refractivity contribution in [3.63, 3.8) is 0 Å². The van der Waals surface area contributed by atoms with Crippen molar-refractivity contribution in [3.05, 3.63) is 23.8 Å². The number of aliphatic imine (C=N–C) groups is 1. The van der Waals surface area contributed by atoms with Crippen molar-refractivity contribution in [2.45, 2.75) is 45.1 Å². The molecule has 0 aliphatic heterocycles. The number of methoxy groups -OCH3 is 2. The van der Waals surface area contributed by atoms with Gasteiger partial charge in [0.1, 0.15) is 0 Å². The molecule has 142 valence electrons. The monoisotopic (exact) mass is 461 g/mol. The van der Waals surface area contributed by atoms with Gasteiger partial charge in [-0.15, -0.1) is 24.0 Å². The minimum atomic E-state index is 0. The Labute approximate surface area is 169 Å². The first-order chi connectivity index (χ1) is 11.8. The summed E-state index contributed by atoms with van der Waals surface area (Å²) in [6, 6.07) is 5.90. The van der Waals surface area contributed by atoms with Gasteiger partial charge in [0.25, 0.3) is 0 Å². The van der Waals surface area contributed by atoms with Gasteiger partial charge in [-0.1, -0.05) is 37.8 Å². The minimum Gasteiger partial charge on any atom is -0.493 e. The summed E-state index contributed by atoms with van der Waals surface area (Å²) in [4.78, 5) is 4.29. The molecule has 2 rings (SSSR count). The third-order valence-electron chi connectivity index (χ3n) is 4.71. The van der Waals surface area contributed by atoms with Crippen molar-refractivity contribution in [1.29, 1.82) is 0 Å². The summed E-state index contributed by atoms with van der Waals surface area (Å²) >= 11 is 0. The molecular weight excluding hydrogens is 429 g/mol. The zero-order valence-electron chi connectivity index (χ0n) is 15.6. The fourth-order valence-electron chi connectivity index (χ4n) is 3.39. The third-order valence-corrected chi connectivity index (χ3v) is 4.71. The second-order valence-corrected chi connectivity index (χ2v) is 6.30. The Hall–Kier alpha value is -1.18. The first-order valence-corrected chi connectivity index (χ1v) is 8.92. The number of nitrogens with one attached hydrogen (secondary N) is 2. The van der Waals surface area contributed by atoms with E-state index in [0.717, 1.165) is 35.5 Å². The standard InChI is InChI=1S/C19H31N3O2.HI/c1-20-19(21-13-7-10-15-8-4-5-9-15)22-14-16-11-6-12-17(23-2)18(16)24-3;/h6,11-12,15H,4-5,7-10,13-14H2,1-3H3,(H2,20,21,22);1H. The van der Waals surface area contributed by atoms with Crippen LogP contribution in [-0.2, 0) is 6.54 Å². The number of guanidine groups is 1. The summed E-state index contributed by atoms with van der Waals surface area (Å²) in [5.41, 5.74) is 1.05. The number of rotatable bonds is 8. The van der Waals surface area contributed by atoms with Gasteiger partial charge in [0.15, 0.2) is 17.5 Å². The largest absolute Gasteiger partial charge is 0.493 e. The Balaban J connectivity index is 0.00000312. The molecule has 25 heavy (non-hydrogen) atoms. The number of halogens is 1. The Morgan fingerprint density at radius 2 is 1.92 bits per heavy atom. The van der Waals surface area contributed by atoms with Crippen LogP contribution < -0.4 is 20.1 Å². The highest BCUT2D eigenvalue weighted by atomic mass is 127. The van der Waals surface area contributed by atoms with Crippen molar-refractivity contribution in [3.8, 4) is 11.5 Å². The van der Waals surface area contributed by atoms with E-state index in [2.05, 4.69) is 15.6 Å². The molecule has 0 atom stereocenters. The van der Waals surface area contributed by atoms with E-state index in [0.29, 0.717) is 6.54 Å². The van der Waals surface area contributed by atoms with E-state index in [-0.39, 0.29) is 24.0 Å². The molecule has 5 nitrogen and oxygen atoms in total. The number of hydrogen-bond acceptors (Lipinski definition) is 3. The quantitative estimate of drug-likeness (QED) is 0.267. The Morgan fingerprint density at radius 3 is 2.56 bits per heavy atom. The van der Waals surface area contributed by atoms with Crippen LogP contribution in [-0.4, -0.2) is 33.8 Å². The van der Waals surface area contributed by atoms with Crippen LogP contribution in [0.2, 0.25) is 0 Å². The lowest BCUT2D eigenvalue weighted by Gasteiger charge is -2.16. The molecular formula is C19H32IN3O2. The van der Waals surface area contributed by atoms with Crippen LogP contribution in [0.4, 0.5) is 0 Å². The summed E-state index contributed by atoms with van der Waals surface area (Å²) < 4.78 is 10.8. The van der Waals surface area contributed by atoms with E-state index >= 15 is 0 Å². The molecule has 6 heteroatoms. The highest BCUT2D eigenvalue weighted by molar-refractivity contribution is 14.0. The van der Waals surface area contributed by atoms with Gasteiger partial charge in [-0.2, -0.15) is 0 Å². The molecule has 0 radical (unpaired) electrons. The fraction of sp³-hybridized carbons (Fsp3) is 0.632. The zero-order chi connectivity index (χ0) is 17.2. The molecule has 0 spiro atoms. The van der Waals surface area contributed by atoms with Crippen molar-refractivity contribution in [2.75, 3.05) is 27.8 Å². The van der Waals surface area contributed by atoms with Gasteiger partial charge in [-0.3, -0.25) is 4.99 Å². The van der Waals surface area contributed by atoms with Crippen molar-refractivity contribution in [2.24, 2.45) is 10.9 Å². The number of ether oxygens (including phenoxy) is 2. The van der Waals surface area contributed by atoms with Crippen LogP contribution in [0.25, 0.3) is 0 Å². The average molecular weight is 461 g/mol. The van der Waals surface area contributed by atoms with Gasteiger partial charge in [0, 0.05) is 25.7 Å². The topological polar surface area (TPSA) is 54.9 Å². The van der Waals surface area contributed by atoms with Gasteiger partial charge in [-0.25, -0.2) is 0 Å². The van der Waals surface area contributed by atoms with E-state index in [1.54, 1.807) is 21.3 Å². The van der Waals surface area contributed by atoms with Gasteiger partial charge in [-0.05, 0) is 24.8 Å². The maximum Gasteiger partial charge on any atom is 0.191 e. The lowest BCUT2D eigenvalue weighted by Crippen LogP contribution is -2.37. The van der Waals surface area contributed by atoms with Crippen LogP contribution in [0.15, 0.2) is 23.2 Å². The molecule has 1 fully saturated rings. The molecule has 1 aromatic rings. The molecule has 0 saturated heterocycles. The SMILES string of the molecule is CN=C(NCCCC1CCCC1)NCc1cccc(OC)c1OC.I. The van der Waals surface area contributed by atoms with Crippen LogP contribution in [0.1, 0.15) is 44.1 Å².